The van der Waals surface area contributed by atoms with Gasteiger partial charge in [0, 0.05) is 0 Å². The van der Waals surface area contributed by atoms with E-state index in [1.807, 2.05) is 60.7 Å². The van der Waals surface area contributed by atoms with Crippen LogP contribution in [0.15, 0.2) is 60.7 Å². The van der Waals surface area contributed by atoms with E-state index in [9.17, 15) is 3.47 Å². The third kappa shape index (κ3) is 2.05. The fraction of sp³-hybridized carbons (Fsp3) is 0. The molecule has 0 nitrogen and oxygen atoms in total. The second kappa shape index (κ2) is 4.43. The van der Waals surface area contributed by atoms with Crippen molar-refractivity contribution < 1.29 is 3.47 Å². The second-order valence-electron chi connectivity index (χ2n) is 2.95. The van der Waals surface area contributed by atoms with Crippen LogP contribution in [0, 0.1) is 0 Å². The molecule has 0 saturated carbocycles. The molecule has 0 bridgehead atoms. The summed E-state index contributed by atoms with van der Waals surface area (Å²) >= 11 is -2.49. The Balaban J connectivity index is 2.30. The van der Waals surface area contributed by atoms with Gasteiger partial charge >= 0.3 is 88.0 Å². The predicted molar refractivity (Wildman–Crippen MR) is 59.0 cm³/mol. The first-order valence-corrected chi connectivity index (χ1v) is 7.02. The fourth-order valence-electron chi connectivity index (χ4n) is 1.27. The monoisotopic (exact) mass is 248 g/mol. The topological polar surface area (TPSA) is 0 Å². The Morgan fingerprint density at radius 2 is 1.00 bits per heavy atom. The van der Waals surface area contributed by atoms with Crippen molar-refractivity contribution in [3.63, 3.8) is 0 Å². The quantitative estimate of drug-likeness (QED) is 0.710. The molecule has 2 aromatic carbocycles. The normalized spacial score (nSPS) is 10.4. The van der Waals surface area contributed by atoms with Gasteiger partial charge in [-0.1, -0.05) is 0 Å². The van der Waals surface area contributed by atoms with Gasteiger partial charge in [0.15, 0.2) is 0 Å². The van der Waals surface area contributed by atoms with Gasteiger partial charge in [0.1, 0.15) is 0 Å². The Morgan fingerprint density at radius 3 is 1.36 bits per heavy atom. The van der Waals surface area contributed by atoms with E-state index < -0.39 is 15.1 Å². The van der Waals surface area contributed by atoms with Gasteiger partial charge in [-0.25, -0.2) is 0 Å². The molecule has 2 rings (SSSR count). The number of rotatable bonds is 2. The number of benzene rings is 2. The van der Waals surface area contributed by atoms with Crippen LogP contribution in [0.25, 0.3) is 0 Å². The predicted octanol–water partition coefficient (Wildman–Crippen LogP) is 1.76. The molecule has 0 radical (unpaired) electrons. The van der Waals surface area contributed by atoms with Crippen LogP contribution in [0.3, 0.4) is 0 Å². The van der Waals surface area contributed by atoms with Crippen molar-refractivity contribution >= 4 is 23.8 Å². The Labute approximate surface area is 88.2 Å². The third-order valence-electron chi connectivity index (χ3n) is 1.97. The summed E-state index contributed by atoms with van der Waals surface area (Å²) in [5.74, 6) is 0. The molecule has 0 fully saturated rings. The molecule has 0 spiro atoms. The first kappa shape index (κ1) is 9.48. The summed E-state index contributed by atoms with van der Waals surface area (Å²) in [5, 5.41) is 0. The van der Waals surface area contributed by atoms with Crippen molar-refractivity contribution in [1.82, 2.24) is 0 Å². The molecule has 0 aliphatic heterocycles. The molecule has 0 aliphatic carbocycles. The molecule has 0 heterocycles. The number of hydrogen-bond acceptors (Lipinski definition) is 0. The summed E-state index contributed by atoms with van der Waals surface area (Å²) in [6, 6.07) is 18.9. The molecule has 0 saturated heterocycles. The SMILES string of the molecule is F[As](c1ccccc1)c1ccccc1. The average molecular weight is 248 g/mol. The van der Waals surface area contributed by atoms with E-state index in [2.05, 4.69) is 0 Å². The van der Waals surface area contributed by atoms with Gasteiger partial charge in [0.2, 0.25) is 0 Å². The minimum absolute atomic E-state index is 0.853. The Kier molecular flexibility index (Phi) is 3.00. The van der Waals surface area contributed by atoms with E-state index in [0.29, 0.717) is 0 Å². The van der Waals surface area contributed by atoms with Crippen LogP contribution < -0.4 is 8.70 Å². The van der Waals surface area contributed by atoms with Gasteiger partial charge in [-0.2, -0.15) is 0 Å². The molecule has 0 aromatic heterocycles. The van der Waals surface area contributed by atoms with Crippen molar-refractivity contribution in [1.29, 1.82) is 0 Å². The first-order chi connectivity index (χ1) is 6.88. The molecule has 0 unspecified atom stereocenters. The summed E-state index contributed by atoms with van der Waals surface area (Å²) in [6.45, 7) is 0. The molecule has 70 valence electrons. The Morgan fingerprint density at radius 1 is 0.643 bits per heavy atom. The van der Waals surface area contributed by atoms with Crippen molar-refractivity contribution in [3.8, 4) is 0 Å². The molecule has 0 amide bonds. The summed E-state index contributed by atoms with van der Waals surface area (Å²) < 4.78 is 15.7. The van der Waals surface area contributed by atoms with E-state index in [4.69, 9.17) is 0 Å². The van der Waals surface area contributed by atoms with E-state index in [0.717, 1.165) is 8.70 Å². The van der Waals surface area contributed by atoms with Crippen LogP contribution in [0.4, 0.5) is 3.47 Å². The van der Waals surface area contributed by atoms with Crippen molar-refractivity contribution in [2.75, 3.05) is 0 Å². The van der Waals surface area contributed by atoms with Gasteiger partial charge in [0.25, 0.3) is 0 Å². The van der Waals surface area contributed by atoms with Crippen LogP contribution in [0.2, 0.25) is 0 Å². The zero-order valence-corrected chi connectivity index (χ0v) is 9.48. The summed E-state index contributed by atoms with van der Waals surface area (Å²) in [5.41, 5.74) is 0. The van der Waals surface area contributed by atoms with Crippen LogP contribution in [-0.4, -0.2) is 15.1 Å². The first-order valence-electron chi connectivity index (χ1n) is 4.44. The molecule has 0 aliphatic rings. The van der Waals surface area contributed by atoms with E-state index >= 15 is 0 Å². The molecule has 0 atom stereocenters. The van der Waals surface area contributed by atoms with E-state index in [1.165, 1.54) is 0 Å². The molecule has 2 heteroatoms. The van der Waals surface area contributed by atoms with Crippen molar-refractivity contribution in [2.45, 2.75) is 0 Å². The fourth-order valence-corrected chi connectivity index (χ4v) is 3.71. The van der Waals surface area contributed by atoms with Gasteiger partial charge in [-0.05, 0) is 0 Å². The van der Waals surface area contributed by atoms with Gasteiger partial charge in [-0.15, -0.1) is 0 Å². The zero-order chi connectivity index (χ0) is 9.80. The van der Waals surface area contributed by atoms with Crippen LogP contribution in [-0.2, 0) is 0 Å². The molecule has 14 heavy (non-hydrogen) atoms. The van der Waals surface area contributed by atoms with Gasteiger partial charge < -0.3 is 0 Å². The van der Waals surface area contributed by atoms with E-state index in [-0.39, 0.29) is 0 Å². The van der Waals surface area contributed by atoms with Crippen LogP contribution in [0.5, 0.6) is 0 Å². The maximum atomic E-state index is 14.0. The average Bonchev–Trinajstić information content (AvgIpc) is 2.30. The molecular weight excluding hydrogens is 238 g/mol. The third-order valence-corrected chi connectivity index (χ3v) is 5.12. The Hall–Kier alpha value is -1.07. The van der Waals surface area contributed by atoms with E-state index in [1.54, 1.807) is 0 Å². The van der Waals surface area contributed by atoms with Crippen LogP contribution >= 0.6 is 0 Å². The minimum atomic E-state index is -2.49. The summed E-state index contributed by atoms with van der Waals surface area (Å²) in [7, 11) is 0. The zero-order valence-electron chi connectivity index (χ0n) is 7.60. The summed E-state index contributed by atoms with van der Waals surface area (Å²) in [6.07, 6.45) is 0. The second-order valence-corrected chi connectivity index (χ2v) is 6.30. The van der Waals surface area contributed by atoms with Gasteiger partial charge in [0.05, 0.1) is 0 Å². The number of hydrogen-bond donors (Lipinski definition) is 0. The molecule has 2 aromatic rings. The van der Waals surface area contributed by atoms with Gasteiger partial charge in [-0.3, -0.25) is 0 Å². The Bertz CT molecular complexity index is 346. The number of halogens is 1. The molecular formula is C12H10AsF. The van der Waals surface area contributed by atoms with Crippen molar-refractivity contribution in [3.05, 3.63) is 60.7 Å². The standard InChI is InChI=1S/C12H10AsF/c14-13(11-7-3-1-4-8-11)12-9-5-2-6-10-12/h1-10H. The van der Waals surface area contributed by atoms with Crippen molar-refractivity contribution in [2.24, 2.45) is 0 Å². The van der Waals surface area contributed by atoms with Crippen LogP contribution in [0.1, 0.15) is 0 Å². The maximum absolute atomic E-state index is 14.0. The molecule has 0 N–H and O–H groups in total. The summed E-state index contributed by atoms with van der Waals surface area (Å²) in [4.78, 5) is 0.